The van der Waals surface area contributed by atoms with Gasteiger partial charge in [-0.15, -0.1) is 11.3 Å². The molecule has 17 heavy (non-hydrogen) atoms. The Kier molecular flexibility index (Phi) is 3.78. The molecule has 0 spiro atoms. The van der Waals surface area contributed by atoms with Gasteiger partial charge in [0, 0.05) is 18.2 Å². The topological polar surface area (TPSA) is 102 Å². The second kappa shape index (κ2) is 4.61. The number of hydrogen-bond donors (Lipinski definition) is 2. The number of aromatic nitrogens is 1. The Morgan fingerprint density at radius 2 is 2.18 bits per heavy atom. The summed E-state index contributed by atoms with van der Waals surface area (Å²) < 4.78 is 21.8. The van der Waals surface area contributed by atoms with Crippen molar-refractivity contribution in [3.05, 3.63) is 11.1 Å². The van der Waals surface area contributed by atoms with E-state index >= 15 is 0 Å². The monoisotopic (exact) mass is 277 g/mol. The van der Waals surface area contributed by atoms with Gasteiger partial charge in [-0.2, -0.15) is 0 Å². The van der Waals surface area contributed by atoms with E-state index in [9.17, 15) is 13.2 Å². The molecule has 6 nitrogen and oxygen atoms in total. The smallest absolute Gasteiger partial charge is 0.270 e. The summed E-state index contributed by atoms with van der Waals surface area (Å²) in [5.74, 6) is -0.422. The van der Waals surface area contributed by atoms with Gasteiger partial charge in [0.15, 0.2) is 15.0 Å². The Hall–Kier alpha value is -1.15. The van der Waals surface area contributed by atoms with Crippen molar-refractivity contribution in [3.8, 4) is 0 Å². The summed E-state index contributed by atoms with van der Waals surface area (Å²) in [6.45, 7) is 3.14. The first-order valence-corrected chi connectivity index (χ1v) is 7.59. The molecule has 0 aromatic carbocycles. The molecule has 3 N–H and O–H groups in total. The third-order valence-electron chi connectivity index (χ3n) is 2.43. The second-order valence-electron chi connectivity index (χ2n) is 4.29. The highest BCUT2D eigenvalue weighted by Crippen LogP contribution is 2.14. The maximum atomic E-state index is 11.6. The number of carbonyl (C=O) groups is 1. The van der Waals surface area contributed by atoms with E-state index in [0.717, 1.165) is 17.6 Å². The largest absolute Gasteiger partial charge is 0.375 e. The number of thiazole rings is 1. The van der Waals surface area contributed by atoms with Crippen molar-refractivity contribution in [2.24, 2.45) is 0 Å². The van der Waals surface area contributed by atoms with Crippen molar-refractivity contribution < 1.29 is 13.2 Å². The van der Waals surface area contributed by atoms with Crippen molar-refractivity contribution >= 4 is 32.2 Å². The minimum Gasteiger partial charge on any atom is -0.375 e. The number of carbonyl (C=O) groups excluding carboxylic acids is 1. The van der Waals surface area contributed by atoms with Crippen LogP contribution in [0.1, 0.15) is 24.3 Å². The van der Waals surface area contributed by atoms with Crippen LogP contribution >= 0.6 is 11.3 Å². The minimum atomic E-state index is -3.23. The van der Waals surface area contributed by atoms with Gasteiger partial charge >= 0.3 is 0 Å². The molecule has 0 aliphatic carbocycles. The summed E-state index contributed by atoms with van der Waals surface area (Å²) in [7, 11) is -3.23. The molecule has 1 rings (SSSR count). The summed E-state index contributed by atoms with van der Waals surface area (Å²) in [5.41, 5.74) is 5.60. The van der Waals surface area contributed by atoms with Gasteiger partial charge < -0.3 is 11.1 Å². The Morgan fingerprint density at radius 3 is 2.59 bits per heavy atom. The lowest BCUT2D eigenvalue weighted by molar-refractivity contribution is 0.0946. The first-order chi connectivity index (χ1) is 7.63. The van der Waals surface area contributed by atoms with E-state index in [-0.39, 0.29) is 12.2 Å². The van der Waals surface area contributed by atoms with Crippen LogP contribution in [0.3, 0.4) is 0 Å². The number of nitrogens with two attached hydrogens (primary N) is 1. The molecule has 1 heterocycles. The molecule has 96 valence electrons. The summed E-state index contributed by atoms with van der Waals surface area (Å²) in [4.78, 5) is 15.4. The quantitative estimate of drug-likeness (QED) is 0.823. The number of anilines is 1. The maximum Gasteiger partial charge on any atom is 0.270 e. The molecule has 1 aromatic heterocycles. The van der Waals surface area contributed by atoms with Crippen LogP contribution in [-0.4, -0.2) is 36.9 Å². The maximum absolute atomic E-state index is 11.6. The molecule has 0 unspecified atom stereocenters. The lowest BCUT2D eigenvalue weighted by atomic mass is 10.2. The highest BCUT2D eigenvalue weighted by molar-refractivity contribution is 7.92. The van der Waals surface area contributed by atoms with Crippen LogP contribution < -0.4 is 11.1 Å². The van der Waals surface area contributed by atoms with Gasteiger partial charge in [-0.05, 0) is 13.8 Å². The van der Waals surface area contributed by atoms with E-state index in [1.165, 1.54) is 5.38 Å². The molecule has 0 fully saturated rings. The number of sulfone groups is 1. The molecule has 1 aromatic rings. The molecule has 8 heteroatoms. The van der Waals surface area contributed by atoms with Gasteiger partial charge in [-0.1, -0.05) is 0 Å². The Morgan fingerprint density at radius 1 is 1.59 bits per heavy atom. The molecule has 0 aliphatic heterocycles. The average molecular weight is 277 g/mol. The minimum absolute atomic E-state index is 0.0299. The second-order valence-corrected chi connectivity index (χ2v) is 7.82. The van der Waals surface area contributed by atoms with Crippen LogP contribution in [0.2, 0.25) is 0 Å². The number of rotatable bonds is 4. The van der Waals surface area contributed by atoms with E-state index in [4.69, 9.17) is 5.73 Å². The third kappa shape index (κ3) is 3.40. The van der Waals surface area contributed by atoms with E-state index < -0.39 is 20.5 Å². The van der Waals surface area contributed by atoms with Crippen molar-refractivity contribution in [2.45, 2.75) is 18.6 Å². The fourth-order valence-electron chi connectivity index (χ4n) is 0.907. The molecule has 1 amide bonds. The molecule has 0 aliphatic rings. The average Bonchev–Trinajstić information content (AvgIpc) is 2.59. The van der Waals surface area contributed by atoms with Crippen molar-refractivity contribution in [2.75, 3.05) is 18.5 Å². The Balaban J connectivity index is 2.67. The van der Waals surface area contributed by atoms with Gasteiger partial charge in [0.05, 0.1) is 4.75 Å². The van der Waals surface area contributed by atoms with E-state index in [0.29, 0.717) is 5.13 Å². The van der Waals surface area contributed by atoms with Crippen molar-refractivity contribution in [3.63, 3.8) is 0 Å². The predicted molar refractivity (Wildman–Crippen MR) is 67.8 cm³/mol. The van der Waals surface area contributed by atoms with Gasteiger partial charge in [0.1, 0.15) is 5.69 Å². The van der Waals surface area contributed by atoms with Gasteiger partial charge in [-0.3, -0.25) is 4.79 Å². The fraction of sp³-hybridized carbons (Fsp3) is 0.556. The molecule has 0 atom stereocenters. The molecular formula is C9H15N3O3S2. The third-order valence-corrected chi connectivity index (χ3v) is 5.26. The normalized spacial score (nSPS) is 12.4. The SMILES string of the molecule is CC(C)(CNC(=O)c1csc(N)n1)S(C)(=O)=O. The molecule has 0 saturated heterocycles. The van der Waals surface area contributed by atoms with Crippen LogP contribution in [-0.2, 0) is 9.84 Å². The number of nitrogens with zero attached hydrogens (tertiary/aromatic N) is 1. The summed E-state index contributed by atoms with van der Waals surface area (Å²) >= 11 is 1.16. The highest BCUT2D eigenvalue weighted by atomic mass is 32.2. The van der Waals surface area contributed by atoms with Crippen LogP contribution in [0.4, 0.5) is 5.13 Å². The molecule has 0 radical (unpaired) electrons. The number of amides is 1. The van der Waals surface area contributed by atoms with Crippen LogP contribution in [0.5, 0.6) is 0 Å². The highest BCUT2D eigenvalue weighted by Gasteiger charge is 2.30. The summed E-state index contributed by atoms with van der Waals surface area (Å²) in [6.07, 6.45) is 1.14. The summed E-state index contributed by atoms with van der Waals surface area (Å²) in [6, 6.07) is 0. The van der Waals surface area contributed by atoms with E-state index in [2.05, 4.69) is 10.3 Å². The molecule has 0 saturated carbocycles. The van der Waals surface area contributed by atoms with Gasteiger partial charge in [0.25, 0.3) is 5.91 Å². The zero-order valence-corrected chi connectivity index (χ0v) is 11.5. The van der Waals surface area contributed by atoms with E-state index in [1.807, 2.05) is 0 Å². The van der Waals surface area contributed by atoms with Crippen LogP contribution in [0.25, 0.3) is 0 Å². The van der Waals surface area contributed by atoms with E-state index in [1.54, 1.807) is 13.8 Å². The van der Waals surface area contributed by atoms with Crippen molar-refractivity contribution in [1.82, 2.24) is 10.3 Å². The van der Waals surface area contributed by atoms with Crippen molar-refractivity contribution in [1.29, 1.82) is 0 Å². The Labute approximate surface area is 104 Å². The van der Waals surface area contributed by atoms with Gasteiger partial charge in [-0.25, -0.2) is 13.4 Å². The zero-order chi connectivity index (χ0) is 13.3. The first kappa shape index (κ1) is 13.9. The number of nitrogens with one attached hydrogen (secondary N) is 1. The summed E-state index contributed by atoms with van der Waals surface area (Å²) in [5, 5.41) is 4.36. The van der Waals surface area contributed by atoms with Gasteiger partial charge in [0.2, 0.25) is 0 Å². The molecule has 0 bridgehead atoms. The lowest BCUT2D eigenvalue weighted by Gasteiger charge is -2.22. The van der Waals surface area contributed by atoms with Crippen LogP contribution in [0.15, 0.2) is 5.38 Å². The predicted octanol–water partition coefficient (Wildman–Crippen LogP) is 0.278. The first-order valence-electron chi connectivity index (χ1n) is 4.82. The number of hydrogen-bond acceptors (Lipinski definition) is 6. The lowest BCUT2D eigenvalue weighted by Crippen LogP contribution is -2.43. The standard InChI is InChI=1S/C9H15N3O3S2/c1-9(2,17(3,14)15)5-11-7(13)6-4-16-8(10)12-6/h4H,5H2,1-3H3,(H2,10,12)(H,11,13). The zero-order valence-electron chi connectivity index (χ0n) is 9.85. The number of nitrogen functional groups attached to an aromatic ring is 1. The van der Waals surface area contributed by atoms with Crippen LogP contribution in [0, 0.1) is 0 Å². The fourth-order valence-corrected chi connectivity index (χ4v) is 1.78. The Bertz CT molecular complexity index is 519. The molecular weight excluding hydrogens is 262 g/mol.